The molecule has 3 N–H and O–H groups in total. The van der Waals surface area contributed by atoms with Crippen LogP contribution in [0.15, 0.2) is 44.4 Å². The molecule has 1 aromatic carbocycles. The summed E-state index contributed by atoms with van der Waals surface area (Å²) in [7, 11) is -3.68. The number of halogens is 2. The molecule has 0 aliphatic heterocycles. The summed E-state index contributed by atoms with van der Waals surface area (Å²) in [4.78, 5) is 0.0427. The third kappa shape index (κ3) is 3.60. The Kier molecular flexibility index (Phi) is 4.84. The third-order valence-electron chi connectivity index (χ3n) is 2.50. The van der Waals surface area contributed by atoms with Crippen LogP contribution in [0.3, 0.4) is 0 Å². The maximum atomic E-state index is 12.2. The molecule has 0 spiro atoms. The van der Waals surface area contributed by atoms with E-state index in [-0.39, 0.29) is 17.1 Å². The van der Waals surface area contributed by atoms with Crippen LogP contribution in [0.25, 0.3) is 0 Å². The van der Waals surface area contributed by atoms with Crippen molar-refractivity contribution in [3.05, 3.63) is 39.5 Å². The molecule has 0 unspecified atom stereocenters. The van der Waals surface area contributed by atoms with Crippen LogP contribution in [0.4, 0.5) is 5.69 Å². The topological polar surface area (TPSA) is 90.0 Å². The van der Waals surface area contributed by atoms with Gasteiger partial charge in [-0.1, -0.05) is 15.9 Å². The number of sulfonamides is 1. The molecule has 1 aromatic heterocycles. The molecule has 0 atom stereocenters. The second kappa shape index (κ2) is 6.25. The second-order valence-corrected chi connectivity index (χ2v) is 7.45. The minimum Gasteiger partial charge on any atom is -0.398 e. The highest BCUT2D eigenvalue weighted by molar-refractivity contribution is 9.11. The van der Waals surface area contributed by atoms with Gasteiger partial charge in [-0.15, -0.1) is 0 Å². The number of rotatable bonds is 5. The van der Waals surface area contributed by atoms with Gasteiger partial charge in [0.15, 0.2) is 0 Å². The summed E-state index contributed by atoms with van der Waals surface area (Å²) >= 11 is 6.47. The molecule has 0 aliphatic carbocycles. The van der Waals surface area contributed by atoms with Gasteiger partial charge in [-0.2, -0.15) is 5.10 Å². The molecular formula is C11H12Br2N4O2S. The first-order valence-electron chi connectivity index (χ1n) is 5.62. The Balaban J connectivity index is 2.14. The number of hydrogen-bond donors (Lipinski definition) is 2. The van der Waals surface area contributed by atoms with E-state index in [0.29, 0.717) is 15.5 Å². The first-order valence-corrected chi connectivity index (χ1v) is 8.68. The number of nitrogen functional groups attached to an aromatic ring is 1. The fourth-order valence-electron chi connectivity index (χ4n) is 1.66. The lowest BCUT2D eigenvalue weighted by molar-refractivity contribution is 0.561. The van der Waals surface area contributed by atoms with Gasteiger partial charge < -0.3 is 5.73 Å². The molecule has 108 valence electrons. The zero-order chi connectivity index (χ0) is 14.8. The average Bonchev–Trinajstić information content (AvgIpc) is 2.79. The Morgan fingerprint density at radius 2 is 2.10 bits per heavy atom. The van der Waals surface area contributed by atoms with E-state index in [9.17, 15) is 8.42 Å². The van der Waals surface area contributed by atoms with Crippen LogP contribution >= 0.6 is 31.9 Å². The second-order valence-electron chi connectivity index (χ2n) is 3.97. The first-order chi connectivity index (χ1) is 9.40. The van der Waals surface area contributed by atoms with Crippen LogP contribution < -0.4 is 10.5 Å². The first kappa shape index (κ1) is 15.5. The van der Waals surface area contributed by atoms with Gasteiger partial charge in [0.1, 0.15) is 4.90 Å². The molecule has 0 saturated heterocycles. The lowest BCUT2D eigenvalue weighted by Gasteiger charge is -2.11. The monoisotopic (exact) mass is 422 g/mol. The van der Waals surface area contributed by atoms with Gasteiger partial charge in [-0.25, -0.2) is 13.1 Å². The summed E-state index contributed by atoms with van der Waals surface area (Å²) in [6.45, 7) is 0.673. The minimum atomic E-state index is -3.68. The molecule has 0 fully saturated rings. The molecular weight excluding hydrogens is 412 g/mol. The van der Waals surface area contributed by atoms with Crippen LogP contribution in [0, 0.1) is 0 Å². The highest BCUT2D eigenvalue weighted by atomic mass is 79.9. The van der Waals surface area contributed by atoms with Crippen molar-refractivity contribution in [1.29, 1.82) is 0 Å². The van der Waals surface area contributed by atoms with Crippen molar-refractivity contribution in [2.24, 2.45) is 0 Å². The van der Waals surface area contributed by atoms with Gasteiger partial charge in [0.05, 0.1) is 12.2 Å². The molecule has 1 heterocycles. The van der Waals surface area contributed by atoms with Gasteiger partial charge in [0, 0.05) is 27.9 Å². The molecule has 6 nitrogen and oxygen atoms in total. The maximum absolute atomic E-state index is 12.2. The van der Waals surface area contributed by atoms with E-state index >= 15 is 0 Å². The van der Waals surface area contributed by atoms with E-state index in [2.05, 4.69) is 41.7 Å². The fraction of sp³-hybridized carbons (Fsp3) is 0.182. The molecule has 0 aliphatic rings. The molecule has 0 radical (unpaired) electrons. The minimum absolute atomic E-state index is 0.0427. The van der Waals surface area contributed by atoms with Crippen molar-refractivity contribution < 1.29 is 8.42 Å². The number of benzene rings is 1. The predicted molar refractivity (Wildman–Crippen MR) is 83.7 cm³/mol. The molecule has 2 aromatic rings. The van der Waals surface area contributed by atoms with Crippen molar-refractivity contribution in [1.82, 2.24) is 14.5 Å². The number of nitrogens with zero attached hydrogens (tertiary/aromatic N) is 2. The number of nitrogens with two attached hydrogens (primary N) is 1. The van der Waals surface area contributed by atoms with E-state index in [1.165, 1.54) is 0 Å². The molecule has 20 heavy (non-hydrogen) atoms. The summed E-state index contributed by atoms with van der Waals surface area (Å²) in [6, 6.07) is 4.96. The Bertz CT molecular complexity index is 678. The number of aromatic nitrogens is 2. The summed E-state index contributed by atoms with van der Waals surface area (Å²) in [5, 5.41) is 4.00. The lowest BCUT2D eigenvalue weighted by atomic mass is 10.3. The number of nitrogens with one attached hydrogen (secondary N) is 1. The zero-order valence-corrected chi connectivity index (χ0v) is 14.2. The quantitative estimate of drug-likeness (QED) is 0.719. The van der Waals surface area contributed by atoms with E-state index in [4.69, 9.17) is 5.73 Å². The maximum Gasteiger partial charge on any atom is 0.243 e. The van der Waals surface area contributed by atoms with E-state index < -0.39 is 10.0 Å². The van der Waals surface area contributed by atoms with Gasteiger partial charge in [0.25, 0.3) is 0 Å². The summed E-state index contributed by atoms with van der Waals surface area (Å²) < 4.78 is 29.8. The number of hydrogen-bond acceptors (Lipinski definition) is 4. The van der Waals surface area contributed by atoms with Crippen LogP contribution in [-0.2, 0) is 16.6 Å². The summed E-state index contributed by atoms with van der Waals surface area (Å²) in [6.07, 6.45) is 3.40. The average molecular weight is 424 g/mol. The van der Waals surface area contributed by atoms with Crippen molar-refractivity contribution in [2.75, 3.05) is 12.3 Å². The lowest BCUT2D eigenvalue weighted by Crippen LogP contribution is -2.28. The molecule has 2 rings (SSSR count). The summed E-state index contributed by atoms with van der Waals surface area (Å²) in [5.74, 6) is 0. The van der Waals surface area contributed by atoms with E-state index in [1.807, 2.05) is 0 Å². The Labute approximate surface area is 133 Å². The van der Waals surface area contributed by atoms with E-state index in [0.717, 1.165) is 0 Å². The van der Waals surface area contributed by atoms with Crippen molar-refractivity contribution in [2.45, 2.75) is 11.4 Å². The van der Waals surface area contributed by atoms with Gasteiger partial charge in [-0.3, -0.25) is 4.68 Å². The van der Waals surface area contributed by atoms with Crippen LogP contribution in [-0.4, -0.2) is 24.7 Å². The van der Waals surface area contributed by atoms with Gasteiger partial charge in [0.2, 0.25) is 10.0 Å². The zero-order valence-electron chi connectivity index (χ0n) is 10.3. The Hall–Kier alpha value is -0.900. The third-order valence-corrected chi connectivity index (χ3v) is 5.42. The smallest absolute Gasteiger partial charge is 0.243 e. The normalized spacial score (nSPS) is 11.7. The van der Waals surface area contributed by atoms with Crippen LogP contribution in [0.1, 0.15) is 0 Å². The van der Waals surface area contributed by atoms with Gasteiger partial charge in [-0.05, 0) is 34.1 Å². The number of anilines is 1. The van der Waals surface area contributed by atoms with E-state index in [1.54, 1.807) is 35.3 Å². The van der Waals surface area contributed by atoms with Crippen LogP contribution in [0.2, 0.25) is 0 Å². The van der Waals surface area contributed by atoms with Crippen molar-refractivity contribution in [3.63, 3.8) is 0 Å². The highest BCUT2D eigenvalue weighted by Gasteiger charge is 2.21. The Morgan fingerprint density at radius 1 is 1.35 bits per heavy atom. The molecule has 0 saturated carbocycles. The standard InChI is InChI=1S/C11H12Br2N4O2S/c12-8-6-9(13)11(10(14)7-8)20(18,19)16-3-5-17-4-1-2-15-17/h1-2,4,6-7,16H,3,5,14H2. The van der Waals surface area contributed by atoms with Crippen molar-refractivity contribution >= 4 is 47.6 Å². The Morgan fingerprint density at radius 3 is 2.70 bits per heavy atom. The molecule has 0 bridgehead atoms. The van der Waals surface area contributed by atoms with Gasteiger partial charge >= 0.3 is 0 Å². The van der Waals surface area contributed by atoms with Crippen LogP contribution in [0.5, 0.6) is 0 Å². The molecule has 0 amide bonds. The SMILES string of the molecule is Nc1cc(Br)cc(Br)c1S(=O)(=O)NCCn1cccn1. The van der Waals surface area contributed by atoms with Crippen molar-refractivity contribution in [3.8, 4) is 0 Å². The molecule has 9 heteroatoms. The largest absolute Gasteiger partial charge is 0.398 e. The highest BCUT2D eigenvalue weighted by Crippen LogP contribution is 2.31. The summed E-state index contributed by atoms with van der Waals surface area (Å²) in [5.41, 5.74) is 5.96. The fourth-order valence-corrected chi connectivity index (χ4v) is 4.75. The predicted octanol–water partition coefficient (Wildman–Crippen LogP) is 1.97.